The number of ether oxygens (including phenoxy) is 3. The molecule has 0 bridgehead atoms. The summed E-state index contributed by atoms with van der Waals surface area (Å²) in [6, 6.07) is 16.4. The maximum atomic E-state index is 13.1. The van der Waals surface area contributed by atoms with Gasteiger partial charge in [0.15, 0.2) is 0 Å². The Balaban J connectivity index is 1.57. The van der Waals surface area contributed by atoms with Crippen molar-refractivity contribution in [2.24, 2.45) is 0 Å². The van der Waals surface area contributed by atoms with Gasteiger partial charge in [-0.1, -0.05) is 30.3 Å². The Morgan fingerprint density at radius 3 is 2.37 bits per heavy atom. The van der Waals surface area contributed by atoms with Gasteiger partial charge in [0.25, 0.3) is 0 Å². The highest BCUT2D eigenvalue weighted by Crippen LogP contribution is 2.41. The number of nitrogens with zero attached hydrogens (tertiary/aromatic N) is 1. The Labute approximate surface area is 244 Å². The van der Waals surface area contributed by atoms with Crippen LogP contribution in [0.15, 0.2) is 48.5 Å². The molecule has 0 atom stereocenters. The highest BCUT2D eigenvalue weighted by molar-refractivity contribution is 6.63. The van der Waals surface area contributed by atoms with E-state index >= 15 is 0 Å². The van der Waals surface area contributed by atoms with Crippen LogP contribution >= 0.6 is 0 Å². The number of carbonyl (C=O) groups is 1. The number of methoxy groups -OCH3 is 1. The van der Waals surface area contributed by atoms with Crippen LogP contribution in [-0.2, 0) is 44.8 Å². The van der Waals surface area contributed by atoms with Gasteiger partial charge in [-0.15, -0.1) is 0 Å². The van der Waals surface area contributed by atoms with E-state index in [1.165, 1.54) is 0 Å². The van der Waals surface area contributed by atoms with Crippen LogP contribution in [0.2, 0.25) is 0 Å². The van der Waals surface area contributed by atoms with Crippen LogP contribution < -0.4 is 10.2 Å². The fraction of sp³-hybridized carbons (Fsp3) is 0.485. The number of carbonyl (C=O) groups excluding carboxylic acids is 1. The number of hydrogen-bond donors (Lipinski definition) is 0. The van der Waals surface area contributed by atoms with Crippen LogP contribution in [0.25, 0.3) is 11.3 Å². The summed E-state index contributed by atoms with van der Waals surface area (Å²) in [7, 11) is 1.10. The van der Waals surface area contributed by atoms with Gasteiger partial charge >= 0.3 is 13.1 Å². The first kappa shape index (κ1) is 29.4. The van der Waals surface area contributed by atoms with Crippen molar-refractivity contribution in [2.45, 2.75) is 91.3 Å². The molecule has 2 aliphatic heterocycles. The normalized spacial score (nSPS) is 17.2. The molecule has 0 N–H and O–H groups in total. The van der Waals surface area contributed by atoms with Crippen molar-refractivity contribution in [3.8, 4) is 17.0 Å². The lowest BCUT2D eigenvalue weighted by molar-refractivity contribution is -0.0286. The minimum atomic E-state index is -0.579. The lowest BCUT2D eigenvalue weighted by Gasteiger charge is -2.32. The monoisotopic (exact) mass is 559 g/mol. The number of fused-ring (bicyclic) bond motifs is 3. The minimum absolute atomic E-state index is 0.314. The molecule has 0 spiro atoms. The van der Waals surface area contributed by atoms with Crippen molar-refractivity contribution in [3.63, 3.8) is 0 Å². The van der Waals surface area contributed by atoms with Crippen LogP contribution in [0.1, 0.15) is 75.6 Å². The average Bonchev–Trinajstić information content (AvgIpc) is 3.39. The zero-order chi connectivity index (χ0) is 29.6. The first-order valence-corrected chi connectivity index (χ1v) is 14.5. The van der Waals surface area contributed by atoms with E-state index in [2.05, 4.69) is 42.7 Å². The first-order chi connectivity index (χ1) is 19.4. The van der Waals surface area contributed by atoms with E-state index in [1.54, 1.807) is 7.11 Å². The fourth-order valence-corrected chi connectivity index (χ4v) is 5.66. The average molecular weight is 560 g/mol. The molecule has 0 aliphatic carbocycles. The van der Waals surface area contributed by atoms with Crippen molar-refractivity contribution < 1.29 is 28.3 Å². The molecule has 0 amide bonds. The number of aromatic nitrogens is 1. The molecule has 7 nitrogen and oxygen atoms in total. The largest absolute Gasteiger partial charge is 0.498 e. The second kappa shape index (κ2) is 11.0. The maximum Gasteiger partial charge on any atom is 0.498 e. The van der Waals surface area contributed by atoms with Gasteiger partial charge in [0, 0.05) is 24.0 Å². The summed E-state index contributed by atoms with van der Waals surface area (Å²) < 4.78 is 32.7. The third-order valence-corrected chi connectivity index (χ3v) is 8.57. The summed E-state index contributed by atoms with van der Waals surface area (Å²) in [6.07, 6.45) is 1.38. The van der Waals surface area contributed by atoms with Gasteiger partial charge in [-0.05, 0) is 89.8 Å². The maximum absolute atomic E-state index is 13.1. The molecule has 218 valence electrons. The summed E-state index contributed by atoms with van der Waals surface area (Å²) in [5.41, 5.74) is 5.32. The molecule has 3 aromatic rings. The molecule has 0 radical (unpaired) electrons. The minimum Gasteiger partial charge on any atom is -0.497 e. The Hall–Kier alpha value is -3.07. The SMILES string of the molecule is CCOC(=O)c1cc(CC(C)(C)OCc2ccccc2)c2n1CCc1cc(OC)c(B3OC(C)(C)C(C)(C)O3)cc1-2. The predicted octanol–water partition coefficient (Wildman–Crippen LogP) is 5.73. The molecule has 2 aliphatic rings. The van der Waals surface area contributed by atoms with Gasteiger partial charge in [0.1, 0.15) is 11.4 Å². The van der Waals surface area contributed by atoms with E-state index in [0.29, 0.717) is 31.9 Å². The zero-order valence-electron chi connectivity index (χ0n) is 25.6. The van der Waals surface area contributed by atoms with Crippen molar-refractivity contribution in [1.82, 2.24) is 4.57 Å². The van der Waals surface area contributed by atoms with E-state index in [0.717, 1.165) is 45.6 Å². The molecule has 0 saturated carbocycles. The molecule has 0 unspecified atom stereocenters. The van der Waals surface area contributed by atoms with Crippen LogP contribution in [-0.4, -0.2) is 48.2 Å². The summed E-state index contributed by atoms with van der Waals surface area (Å²) in [5.74, 6) is 0.423. The number of rotatable bonds is 9. The Kier molecular flexibility index (Phi) is 7.87. The number of aryl methyl sites for hydroxylation is 1. The summed E-state index contributed by atoms with van der Waals surface area (Å²) in [5, 5.41) is 0. The highest BCUT2D eigenvalue weighted by Gasteiger charge is 2.52. The van der Waals surface area contributed by atoms with Crippen LogP contribution in [0.3, 0.4) is 0 Å². The fourth-order valence-electron chi connectivity index (χ4n) is 5.66. The highest BCUT2D eigenvalue weighted by atomic mass is 16.7. The number of esters is 1. The molecule has 1 aromatic heterocycles. The number of benzene rings is 2. The van der Waals surface area contributed by atoms with E-state index in [4.69, 9.17) is 23.5 Å². The molecule has 3 heterocycles. The molecule has 1 saturated heterocycles. The van der Waals surface area contributed by atoms with E-state index < -0.39 is 23.9 Å². The Bertz CT molecular complexity index is 1410. The molecule has 5 rings (SSSR count). The third-order valence-electron chi connectivity index (χ3n) is 8.57. The summed E-state index contributed by atoms with van der Waals surface area (Å²) in [4.78, 5) is 13.1. The van der Waals surface area contributed by atoms with Crippen molar-refractivity contribution in [3.05, 3.63) is 70.9 Å². The smallest absolute Gasteiger partial charge is 0.497 e. The van der Waals surface area contributed by atoms with Crippen molar-refractivity contribution in [2.75, 3.05) is 13.7 Å². The van der Waals surface area contributed by atoms with Crippen LogP contribution in [0.5, 0.6) is 5.75 Å². The third kappa shape index (κ3) is 5.70. The summed E-state index contributed by atoms with van der Waals surface area (Å²) >= 11 is 0. The standard InChI is InChI=1S/C33H42BNO6/c1-9-38-30(36)27-17-24(20-31(2,3)39-21-22-13-11-10-12-14-22)29-25-19-26(34-40-32(4,5)33(6,7)41-34)28(37-8)18-23(25)15-16-35(27)29/h10-14,17-19H,9,15-16,20-21H2,1-8H3. The quantitative estimate of drug-likeness (QED) is 0.246. The molecule has 1 fully saturated rings. The molecular formula is C33H42BNO6. The van der Waals surface area contributed by atoms with Crippen LogP contribution in [0, 0.1) is 0 Å². The molecule has 2 aromatic carbocycles. The lowest BCUT2D eigenvalue weighted by Crippen LogP contribution is -2.41. The second-order valence-electron chi connectivity index (χ2n) is 12.6. The van der Waals surface area contributed by atoms with Gasteiger partial charge in [-0.2, -0.15) is 0 Å². The Morgan fingerprint density at radius 1 is 1.05 bits per heavy atom. The molecular weight excluding hydrogens is 517 g/mol. The molecule has 41 heavy (non-hydrogen) atoms. The van der Waals surface area contributed by atoms with E-state index in [9.17, 15) is 4.79 Å². The van der Waals surface area contributed by atoms with E-state index in [1.807, 2.05) is 58.9 Å². The first-order valence-electron chi connectivity index (χ1n) is 14.5. The van der Waals surface area contributed by atoms with Crippen molar-refractivity contribution in [1.29, 1.82) is 0 Å². The Morgan fingerprint density at radius 2 is 1.73 bits per heavy atom. The predicted molar refractivity (Wildman–Crippen MR) is 161 cm³/mol. The van der Waals surface area contributed by atoms with Crippen LogP contribution in [0.4, 0.5) is 0 Å². The van der Waals surface area contributed by atoms with Crippen molar-refractivity contribution >= 4 is 18.6 Å². The molecule has 8 heteroatoms. The van der Waals surface area contributed by atoms with Gasteiger partial charge < -0.3 is 28.1 Å². The van der Waals surface area contributed by atoms with E-state index in [-0.39, 0.29) is 5.97 Å². The van der Waals surface area contributed by atoms with Gasteiger partial charge in [-0.3, -0.25) is 0 Å². The summed E-state index contributed by atoms with van der Waals surface area (Å²) in [6.45, 7) is 15.7. The zero-order valence-corrected chi connectivity index (χ0v) is 25.6. The number of hydrogen-bond acceptors (Lipinski definition) is 6. The lowest BCUT2D eigenvalue weighted by atomic mass is 9.75. The van der Waals surface area contributed by atoms with Gasteiger partial charge in [0.2, 0.25) is 0 Å². The van der Waals surface area contributed by atoms with Gasteiger partial charge in [-0.25, -0.2) is 4.79 Å². The second-order valence-corrected chi connectivity index (χ2v) is 12.6. The topological polar surface area (TPSA) is 68.2 Å². The van der Waals surface area contributed by atoms with Gasteiger partial charge in [0.05, 0.1) is 42.8 Å².